The van der Waals surface area contributed by atoms with Gasteiger partial charge in [0.05, 0.1) is 11.9 Å². The molecule has 0 radical (unpaired) electrons. The Morgan fingerprint density at radius 3 is 2.94 bits per heavy atom. The number of halogens is 1. The van der Waals surface area contributed by atoms with Gasteiger partial charge in [-0.2, -0.15) is 5.10 Å². The van der Waals surface area contributed by atoms with Gasteiger partial charge in [0.15, 0.2) is 0 Å². The van der Waals surface area contributed by atoms with Crippen LogP contribution in [0.15, 0.2) is 35.1 Å². The number of carboxylic acids is 1. The summed E-state index contributed by atoms with van der Waals surface area (Å²) in [4.78, 5) is 10.5. The Labute approximate surface area is 113 Å². The Hall–Kier alpha value is -1.62. The second-order valence-corrected chi connectivity index (χ2v) is 4.97. The summed E-state index contributed by atoms with van der Waals surface area (Å²) in [6, 6.07) is 5.98. The number of carboxylic acid groups (broad SMARTS) is 1. The summed E-state index contributed by atoms with van der Waals surface area (Å²) in [7, 11) is 0. The number of aryl methyl sites for hydroxylation is 2. The predicted octanol–water partition coefficient (Wildman–Crippen LogP) is 2.96. The maximum atomic E-state index is 10.5. The molecule has 0 atom stereocenters. The van der Waals surface area contributed by atoms with E-state index in [0.717, 1.165) is 21.3 Å². The number of aromatic nitrogens is 2. The smallest absolute Gasteiger partial charge is 0.303 e. The number of hydrogen-bond acceptors (Lipinski definition) is 2. The van der Waals surface area contributed by atoms with E-state index in [1.807, 2.05) is 31.3 Å². The van der Waals surface area contributed by atoms with Gasteiger partial charge in [0.2, 0.25) is 0 Å². The Morgan fingerprint density at radius 2 is 2.28 bits per heavy atom. The molecule has 0 fully saturated rings. The van der Waals surface area contributed by atoms with E-state index in [1.54, 1.807) is 10.9 Å². The molecule has 5 heteroatoms. The Bertz CT molecular complexity index is 578. The van der Waals surface area contributed by atoms with Crippen LogP contribution in [0.5, 0.6) is 0 Å². The van der Waals surface area contributed by atoms with Gasteiger partial charge in [0, 0.05) is 17.1 Å². The lowest BCUT2D eigenvalue weighted by Gasteiger charge is -2.03. The number of aliphatic carboxylic acids is 1. The zero-order valence-corrected chi connectivity index (χ0v) is 11.5. The minimum absolute atomic E-state index is 0.128. The fourth-order valence-corrected chi connectivity index (χ4v) is 1.97. The molecule has 4 nitrogen and oxygen atoms in total. The minimum atomic E-state index is -0.791. The molecule has 0 unspecified atom stereocenters. The Balaban J connectivity index is 2.18. The van der Waals surface area contributed by atoms with E-state index >= 15 is 0 Å². The molecule has 0 bridgehead atoms. The van der Waals surface area contributed by atoms with Gasteiger partial charge in [-0.25, -0.2) is 4.68 Å². The molecule has 1 N–H and O–H groups in total. The first-order chi connectivity index (χ1) is 8.56. The zero-order chi connectivity index (χ0) is 13.1. The summed E-state index contributed by atoms with van der Waals surface area (Å²) in [5.41, 5.74) is 3.04. The summed E-state index contributed by atoms with van der Waals surface area (Å²) in [5.74, 6) is -0.791. The summed E-state index contributed by atoms with van der Waals surface area (Å²) in [6.45, 7) is 2.02. The van der Waals surface area contributed by atoms with Crippen molar-refractivity contribution in [1.82, 2.24) is 9.78 Å². The van der Waals surface area contributed by atoms with Crippen LogP contribution in [0, 0.1) is 6.92 Å². The first kappa shape index (κ1) is 12.8. The lowest BCUT2D eigenvalue weighted by Crippen LogP contribution is -1.97. The van der Waals surface area contributed by atoms with Gasteiger partial charge in [-0.3, -0.25) is 4.79 Å². The average molecular weight is 309 g/mol. The molecule has 0 aliphatic carbocycles. The average Bonchev–Trinajstić information content (AvgIpc) is 2.79. The van der Waals surface area contributed by atoms with Gasteiger partial charge in [-0.1, -0.05) is 22.0 Å². The monoisotopic (exact) mass is 308 g/mol. The van der Waals surface area contributed by atoms with Gasteiger partial charge in [0.1, 0.15) is 0 Å². The molecule has 0 saturated heterocycles. The lowest BCUT2D eigenvalue weighted by atomic mass is 10.2. The van der Waals surface area contributed by atoms with Crippen LogP contribution in [0.1, 0.15) is 17.5 Å². The van der Waals surface area contributed by atoms with Crippen molar-refractivity contribution < 1.29 is 9.90 Å². The fraction of sp³-hybridized carbons (Fsp3) is 0.231. The van der Waals surface area contributed by atoms with Crippen molar-refractivity contribution in [2.24, 2.45) is 0 Å². The third-order valence-corrected chi connectivity index (χ3v) is 3.54. The molecule has 94 valence electrons. The lowest BCUT2D eigenvalue weighted by molar-refractivity contribution is -0.136. The molecular weight excluding hydrogens is 296 g/mol. The summed E-state index contributed by atoms with van der Waals surface area (Å²) in [5, 5.41) is 12.9. The molecular formula is C13H13BrN2O2. The SMILES string of the molecule is Cc1ccc(-n2cc(CCC(=O)O)cn2)cc1Br. The minimum Gasteiger partial charge on any atom is -0.481 e. The topological polar surface area (TPSA) is 55.1 Å². The highest BCUT2D eigenvalue weighted by Gasteiger charge is 2.04. The molecule has 18 heavy (non-hydrogen) atoms. The third-order valence-electron chi connectivity index (χ3n) is 2.68. The van der Waals surface area contributed by atoms with E-state index in [2.05, 4.69) is 21.0 Å². The first-order valence-electron chi connectivity index (χ1n) is 5.58. The van der Waals surface area contributed by atoms with Gasteiger partial charge < -0.3 is 5.11 Å². The van der Waals surface area contributed by atoms with Gasteiger partial charge in [0.25, 0.3) is 0 Å². The Morgan fingerprint density at radius 1 is 1.50 bits per heavy atom. The highest BCUT2D eigenvalue weighted by Crippen LogP contribution is 2.20. The van der Waals surface area contributed by atoms with E-state index in [4.69, 9.17) is 5.11 Å². The van der Waals surface area contributed by atoms with E-state index in [9.17, 15) is 4.79 Å². The van der Waals surface area contributed by atoms with Crippen molar-refractivity contribution in [2.75, 3.05) is 0 Å². The number of benzene rings is 1. The summed E-state index contributed by atoms with van der Waals surface area (Å²) >= 11 is 3.48. The molecule has 1 aromatic heterocycles. The number of hydrogen-bond donors (Lipinski definition) is 1. The highest BCUT2D eigenvalue weighted by atomic mass is 79.9. The van der Waals surface area contributed by atoms with Crippen LogP contribution >= 0.6 is 15.9 Å². The van der Waals surface area contributed by atoms with E-state index in [0.29, 0.717) is 6.42 Å². The van der Waals surface area contributed by atoms with Crippen LogP contribution in [0.3, 0.4) is 0 Å². The van der Waals surface area contributed by atoms with Crippen LogP contribution in [0.25, 0.3) is 5.69 Å². The van der Waals surface area contributed by atoms with Crippen molar-refractivity contribution in [2.45, 2.75) is 19.8 Å². The van der Waals surface area contributed by atoms with Gasteiger partial charge >= 0.3 is 5.97 Å². The van der Waals surface area contributed by atoms with Gasteiger partial charge in [-0.15, -0.1) is 0 Å². The molecule has 2 rings (SSSR count). The summed E-state index contributed by atoms with van der Waals surface area (Å²) in [6.07, 6.45) is 4.20. The Kier molecular flexibility index (Phi) is 3.81. The van der Waals surface area contributed by atoms with Crippen molar-refractivity contribution >= 4 is 21.9 Å². The molecule has 0 aliphatic heterocycles. The van der Waals surface area contributed by atoms with Crippen molar-refractivity contribution in [3.05, 3.63) is 46.2 Å². The molecule has 0 spiro atoms. The highest BCUT2D eigenvalue weighted by molar-refractivity contribution is 9.10. The van der Waals surface area contributed by atoms with E-state index in [1.165, 1.54) is 0 Å². The molecule has 2 aromatic rings. The normalized spacial score (nSPS) is 10.6. The van der Waals surface area contributed by atoms with E-state index < -0.39 is 5.97 Å². The molecule has 0 amide bonds. The summed E-state index contributed by atoms with van der Waals surface area (Å²) < 4.78 is 2.78. The molecule has 0 saturated carbocycles. The van der Waals surface area contributed by atoms with Crippen LogP contribution in [-0.4, -0.2) is 20.9 Å². The fourth-order valence-electron chi connectivity index (χ4n) is 1.61. The number of rotatable bonds is 4. The standard InChI is InChI=1S/C13H13BrN2O2/c1-9-2-4-11(6-12(9)14)16-8-10(7-15-16)3-5-13(17)18/h2,4,6-8H,3,5H2,1H3,(H,17,18). The zero-order valence-electron chi connectivity index (χ0n) is 9.93. The van der Waals surface area contributed by atoms with Crippen molar-refractivity contribution in [1.29, 1.82) is 0 Å². The van der Waals surface area contributed by atoms with Crippen LogP contribution in [0.2, 0.25) is 0 Å². The molecule has 1 aromatic carbocycles. The third kappa shape index (κ3) is 2.98. The van der Waals surface area contributed by atoms with Gasteiger partial charge in [-0.05, 0) is 36.6 Å². The predicted molar refractivity (Wildman–Crippen MR) is 72.0 cm³/mol. The van der Waals surface area contributed by atoms with Crippen LogP contribution in [0.4, 0.5) is 0 Å². The van der Waals surface area contributed by atoms with Crippen LogP contribution in [-0.2, 0) is 11.2 Å². The molecule has 1 heterocycles. The second-order valence-electron chi connectivity index (χ2n) is 4.12. The van der Waals surface area contributed by atoms with E-state index in [-0.39, 0.29) is 6.42 Å². The number of nitrogens with zero attached hydrogens (tertiary/aromatic N) is 2. The molecule has 0 aliphatic rings. The maximum Gasteiger partial charge on any atom is 0.303 e. The number of carbonyl (C=O) groups is 1. The van der Waals surface area contributed by atoms with Crippen molar-refractivity contribution in [3.63, 3.8) is 0 Å². The largest absolute Gasteiger partial charge is 0.481 e. The first-order valence-corrected chi connectivity index (χ1v) is 6.37. The maximum absolute atomic E-state index is 10.5. The van der Waals surface area contributed by atoms with Crippen LogP contribution < -0.4 is 0 Å². The second kappa shape index (κ2) is 5.35. The quantitative estimate of drug-likeness (QED) is 0.944. The van der Waals surface area contributed by atoms with Crippen molar-refractivity contribution in [3.8, 4) is 5.69 Å².